The largest absolute Gasteiger partial charge is 0.397 e. The molecule has 1 fully saturated rings. The number of carbonyl (C=O) groups excluding carboxylic acids is 1. The molecule has 6 heteroatoms. The fourth-order valence-electron chi connectivity index (χ4n) is 2.87. The number of fused-ring (bicyclic) bond motifs is 1. The first-order valence-electron chi connectivity index (χ1n) is 6.91. The van der Waals surface area contributed by atoms with Crippen LogP contribution in [-0.4, -0.2) is 25.2 Å². The molecule has 1 aromatic carbocycles. The number of halogens is 1. The summed E-state index contributed by atoms with van der Waals surface area (Å²) in [4.78, 5) is 13.0. The van der Waals surface area contributed by atoms with E-state index >= 15 is 0 Å². The van der Waals surface area contributed by atoms with E-state index in [4.69, 9.17) is 22.1 Å². The van der Waals surface area contributed by atoms with Gasteiger partial charge in [-0.05, 0) is 37.5 Å². The number of hydrogen-bond acceptors (Lipinski definition) is 4. The smallest absolute Gasteiger partial charge is 0.263 e. The van der Waals surface area contributed by atoms with E-state index in [1.54, 1.807) is 13.2 Å². The first-order chi connectivity index (χ1) is 10.1. The van der Waals surface area contributed by atoms with Crippen LogP contribution in [0.1, 0.15) is 28.9 Å². The minimum atomic E-state index is -0.126. The van der Waals surface area contributed by atoms with Gasteiger partial charge < -0.3 is 15.8 Å². The molecule has 2 aromatic rings. The lowest BCUT2D eigenvalue weighted by Crippen LogP contribution is -2.40. The summed E-state index contributed by atoms with van der Waals surface area (Å²) in [5.74, 6) is -0.126. The van der Waals surface area contributed by atoms with Gasteiger partial charge in [-0.1, -0.05) is 11.6 Å². The molecule has 1 heterocycles. The maximum Gasteiger partial charge on any atom is 0.263 e. The summed E-state index contributed by atoms with van der Waals surface area (Å²) in [5, 5.41) is 4.57. The second-order valence-electron chi connectivity index (χ2n) is 5.27. The SMILES string of the molecule is COC1CCCC1NC(=O)c1sc2cc(Cl)ccc2c1N. The number of hydrogen-bond donors (Lipinski definition) is 2. The molecule has 0 saturated heterocycles. The van der Waals surface area contributed by atoms with E-state index in [2.05, 4.69) is 5.32 Å². The highest BCUT2D eigenvalue weighted by molar-refractivity contribution is 7.21. The fraction of sp³-hybridized carbons (Fsp3) is 0.400. The minimum absolute atomic E-state index is 0.0655. The highest BCUT2D eigenvalue weighted by Gasteiger charge is 2.29. The first-order valence-corrected chi connectivity index (χ1v) is 8.10. The Morgan fingerprint density at radius 2 is 2.29 bits per heavy atom. The summed E-state index contributed by atoms with van der Waals surface area (Å²) < 4.78 is 6.34. The number of nitrogens with one attached hydrogen (secondary N) is 1. The average molecular weight is 325 g/mol. The third-order valence-corrected chi connectivity index (χ3v) is 5.37. The average Bonchev–Trinajstić information content (AvgIpc) is 3.03. The van der Waals surface area contributed by atoms with Crippen LogP contribution in [0.25, 0.3) is 10.1 Å². The van der Waals surface area contributed by atoms with Gasteiger partial charge in [0.1, 0.15) is 4.88 Å². The zero-order valence-corrected chi connectivity index (χ0v) is 13.3. The topological polar surface area (TPSA) is 64.3 Å². The summed E-state index contributed by atoms with van der Waals surface area (Å²) in [6.45, 7) is 0. The van der Waals surface area contributed by atoms with Gasteiger partial charge in [0, 0.05) is 22.2 Å². The third-order valence-electron chi connectivity index (χ3n) is 3.97. The molecule has 21 heavy (non-hydrogen) atoms. The Balaban J connectivity index is 1.86. The molecule has 1 aromatic heterocycles. The van der Waals surface area contributed by atoms with Gasteiger partial charge >= 0.3 is 0 Å². The van der Waals surface area contributed by atoms with E-state index < -0.39 is 0 Å². The molecule has 2 unspecified atom stereocenters. The number of carbonyl (C=O) groups is 1. The Bertz CT molecular complexity index is 686. The molecule has 1 aliphatic rings. The van der Waals surface area contributed by atoms with E-state index in [0.717, 1.165) is 29.3 Å². The van der Waals surface area contributed by atoms with Crippen LogP contribution in [0.15, 0.2) is 18.2 Å². The van der Waals surface area contributed by atoms with Crippen LogP contribution in [0.2, 0.25) is 5.02 Å². The van der Waals surface area contributed by atoms with Crippen molar-refractivity contribution in [3.8, 4) is 0 Å². The number of anilines is 1. The van der Waals surface area contributed by atoms with E-state index in [0.29, 0.717) is 15.6 Å². The lowest BCUT2D eigenvalue weighted by Gasteiger charge is -2.19. The molecule has 1 saturated carbocycles. The van der Waals surface area contributed by atoms with Crippen molar-refractivity contribution in [1.29, 1.82) is 0 Å². The summed E-state index contributed by atoms with van der Waals surface area (Å²) >= 11 is 7.36. The summed E-state index contributed by atoms with van der Waals surface area (Å²) in [6.07, 6.45) is 3.10. The van der Waals surface area contributed by atoms with Gasteiger partial charge in [0.05, 0.1) is 17.8 Å². The Kier molecular flexibility index (Phi) is 4.06. The molecule has 0 bridgehead atoms. The van der Waals surface area contributed by atoms with Gasteiger partial charge in [-0.3, -0.25) is 4.79 Å². The van der Waals surface area contributed by atoms with Crippen LogP contribution in [0.5, 0.6) is 0 Å². The number of thiophene rings is 1. The van der Waals surface area contributed by atoms with E-state index in [1.807, 2.05) is 12.1 Å². The zero-order chi connectivity index (χ0) is 15.0. The number of nitrogens with two attached hydrogens (primary N) is 1. The highest BCUT2D eigenvalue weighted by Crippen LogP contribution is 2.35. The molecule has 112 valence electrons. The molecule has 3 rings (SSSR count). The number of nitrogen functional groups attached to an aromatic ring is 1. The van der Waals surface area contributed by atoms with Gasteiger partial charge in [0.2, 0.25) is 0 Å². The predicted molar refractivity (Wildman–Crippen MR) is 87.1 cm³/mol. The quantitative estimate of drug-likeness (QED) is 0.909. The van der Waals surface area contributed by atoms with E-state index in [-0.39, 0.29) is 18.1 Å². The fourth-order valence-corrected chi connectivity index (χ4v) is 4.17. The summed E-state index contributed by atoms with van der Waals surface area (Å²) in [5.41, 5.74) is 6.63. The van der Waals surface area contributed by atoms with Gasteiger partial charge in [-0.2, -0.15) is 0 Å². The van der Waals surface area contributed by atoms with Crippen molar-refractivity contribution in [3.63, 3.8) is 0 Å². The number of amides is 1. The lowest BCUT2D eigenvalue weighted by molar-refractivity contribution is 0.0725. The van der Waals surface area contributed by atoms with Crippen LogP contribution < -0.4 is 11.1 Å². The molecule has 0 spiro atoms. The maximum absolute atomic E-state index is 12.5. The van der Waals surface area contributed by atoms with Gasteiger partial charge in [0.15, 0.2) is 0 Å². The number of rotatable bonds is 3. The number of methoxy groups -OCH3 is 1. The van der Waals surface area contributed by atoms with Crippen LogP contribution in [0.4, 0.5) is 5.69 Å². The number of benzene rings is 1. The molecule has 3 N–H and O–H groups in total. The van der Waals surface area contributed by atoms with Crippen molar-refractivity contribution >= 4 is 44.6 Å². The minimum Gasteiger partial charge on any atom is -0.397 e. The Labute approximate surface area is 132 Å². The summed E-state index contributed by atoms with van der Waals surface area (Å²) in [6, 6.07) is 5.54. The van der Waals surface area contributed by atoms with Crippen molar-refractivity contribution in [1.82, 2.24) is 5.32 Å². The van der Waals surface area contributed by atoms with Gasteiger partial charge in [0.25, 0.3) is 5.91 Å². The summed E-state index contributed by atoms with van der Waals surface area (Å²) in [7, 11) is 1.69. The molecule has 1 amide bonds. The van der Waals surface area contributed by atoms with Crippen molar-refractivity contribution in [2.45, 2.75) is 31.4 Å². The third kappa shape index (κ3) is 2.73. The molecular formula is C15H17ClN2O2S. The van der Waals surface area contributed by atoms with Crippen molar-refractivity contribution in [2.75, 3.05) is 12.8 Å². The Morgan fingerprint density at radius 1 is 1.48 bits per heavy atom. The molecule has 4 nitrogen and oxygen atoms in total. The predicted octanol–water partition coefficient (Wildman–Crippen LogP) is 3.43. The van der Waals surface area contributed by atoms with Crippen molar-refractivity contribution in [2.24, 2.45) is 0 Å². The van der Waals surface area contributed by atoms with Crippen LogP contribution >= 0.6 is 22.9 Å². The monoisotopic (exact) mass is 324 g/mol. The maximum atomic E-state index is 12.5. The Hall–Kier alpha value is -1.30. The lowest BCUT2D eigenvalue weighted by atomic mass is 10.2. The molecule has 2 atom stereocenters. The van der Waals surface area contributed by atoms with Crippen LogP contribution in [-0.2, 0) is 4.74 Å². The normalized spacial score (nSPS) is 21.8. The highest BCUT2D eigenvalue weighted by atomic mass is 35.5. The Morgan fingerprint density at radius 3 is 3.05 bits per heavy atom. The van der Waals surface area contributed by atoms with Gasteiger partial charge in [-0.25, -0.2) is 0 Å². The first kappa shape index (κ1) is 14.6. The van der Waals surface area contributed by atoms with Crippen molar-refractivity contribution < 1.29 is 9.53 Å². The van der Waals surface area contributed by atoms with Crippen molar-refractivity contribution in [3.05, 3.63) is 28.1 Å². The van der Waals surface area contributed by atoms with E-state index in [9.17, 15) is 4.79 Å². The zero-order valence-electron chi connectivity index (χ0n) is 11.7. The molecule has 0 aliphatic heterocycles. The van der Waals surface area contributed by atoms with Gasteiger partial charge in [-0.15, -0.1) is 11.3 Å². The molecule has 1 aliphatic carbocycles. The van der Waals surface area contributed by atoms with Crippen LogP contribution in [0.3, 0.4) is 0 Å². The number of ether oxygens (including phenoxy) is 1. The second kappa shape index (κ2) is 5.83. The molecule has 0 radical (unpaired) electrons. The van der Waals surface area contributed by atoms with Crippen LogP contribution in [0, 0.1) is 0 Å². The van der Waals surface area contributed by atoms with E-state index in [1.165, 1.54) is 11.3 Å². The standard InChI is InChI=1S/C15H17ClN2O2S/c1-20-11-4-2-3-10(11)18-15(19)14-13(17)9-6-5-8(16)7-12(9)21-14/h5-7,10-11H,2-4,17H2,1H3,(H,18,19). The molecular weight excluding hydrogens is 308 g/mol. The second-order valence-corrected chi connectivity index (χ2v) is 6.76.